The largest absolute Gasteiger partial charge is 0.508 e. The molecular weight excluding hydrogens is 353 g/mol. The van der Waals surface area contributed by atoms with Crippen LogP contribution in [0, 0.1) is 11.7 Å². The van der Waals surface area contributed by atoms with Crippen LogP contribution in [0.25, 0.3) is 0 Å². The molecule has 0 unspecified atom stereocenters. The number of phenols is 1. The Balaban J connectivity index is 1.51. The Kier molecular flexibility index (Phi) is 5.35. The molecule has 0 saturated carbocycles. The van der Waals surface area contributed by atoms with E-state index in [0.29, 0.717) is 11.4 Å². The molecule has 1 heterocycles. The number of hydrogen-bond donors (Lipinski definition) is 3. The highest BCUT2D eigenvalue weighted by molar-refractivity contribution is 6.01. The lowest BCUT2D eigenvalue weighted by Gasteiger charge is -2.16. The van der Waals surface area contributed by atoms with Crippen LogP contribution in [0.2, 0.25) is 0 Å². The van der Waals surface area contributed by atoms with Gasteiger partial charge in [0.25, 0.3) is 0 Å². The quantitative estimate of drug-likeness (QED) is 0.696. The maximum absolute atomic E-state index is 13.0. The van der Waals surface area contributed by atoms with Gasteiger partial charge < -0.3 is 20.6 Å². The number of amides is 3. The average Bonchev–Trinajstić information content (AvgIpc) is 3.04. The van der Waals surface area contributed by atoms with E-state index in [1.165, 1.54) is 53.4 Å². The normalized spacial score (nSPS) is 16.3. The van der Waals surface area contributed by atoms with E-state index in [0.717, 1.165) is 0 Å². The van der Waals surface area contributed by atoms with E-state index in [2.05, 4.69) is 10.6 Å². The fourth-order valence-corrected chi connectivity index (χ4v) is 2.82. The summed E-state index contributed by atoms with van der Waals surface area (Å²) in [4.78, 5) is 37.7. The Labute approximate surface area is 154 Å². The van der Waals surface area contributed by atoms with Gasteiger partial charge in [0.15, 0.2) is 0 Å². The van der Waals surface area contributed by atoms with Crippen LogP contribution in [0.5, 0.6) is 5.75 Å². The van der Waals surface area contributed by atoms with Crippen molar-refractivity contribution >= 4 is 29.1 Å². The number of hydrogen-bond acceptors (Lipinski definition) is 4. The second kappa shape index (κ2) is 7.86. The molecule has 1 aliphatic rings. The molecule has 1 aliphatic heterocycles. The van der Waals surface area contributed by atoms with E-state index in [9.17, 15) is 23.9 Å². The van der Waals surface area contributed by atoms with Gasteiger partial charge in [0.05, 0.1) is 12.5 Å². The van der Waals surface area contributed by atoms with Crippen LogP contribution in [0.15, 0.2) is 48.5 Å². The second-order valence-corrected chi connectivity index (χ2v) is 6.19. The van der Waals surface area contributed by atoms with Gasteiger partial charge in [0.2, 0.25) is 17.7 Å². The van der Waals surface area contributed by atoms with Crippen molar-refractivity contribution in [3.05, 3.63) is 54.3 Å². The minimum Gasteiger partial charge on any atom is -0.508 e. The Morgan fingerprint density at radius 2 is 1.78 bits per heavy atom. The number of halogens is 1. The first-order valence-electron chi connectivity index (χ1n) is 8.35. The van der Waals surface area contributed by atoms with E-state index in [1.807, 2.05) is 0 Å². The maximum Gasteiger partial charge on any atom is 0.243 e. The number of anilines is 2. The van der Waals surface area contributed by atoms with Crippen molar-refractivity contribution in [1.29, 1.82) is 0 Å². The Bertz CT molecular complexity index is 852. The smallest absolute Gasteiger partial charge is 0.243 e. The molecule has 0 aromatic heterocycles. The lowest BCUT2D eigenvalue weighted by Crippen LogP contribution is -2.37. The van der Waals surface area contributed by atoms with Gasteiger partial charge in [-0.05, 0) is 48.5 Å². The molecule has 8 heteroatoms. The topological polar surface area (TPSA) is 98.7 Å². The number of aromatic hydroxyl groups is 1. The third-order valence-corrected chi connectivity index (χ3v) is 4.21. The Morgan fingerprint density at radius 1 is 1.11 bits per heavy atom. The van der Waals surface area contributed by atoms with E-state index >= 15 is 0 Å². The standard InChI is InChI=1S/C19H18FN3O4/c20-13-1-5-15(6-2-13)23-11-12(9-18(23)26)19(27)21-10-17(25)22-14-3-7-16(24)8-4-14/h1-8,12,24H,9-11H2,(H,21,27)(H,22,25)/t12-/m1/s1. The van der Waals surface area contributed by atoms with Crippen molar-refractivity contribution in [3.63, 3.8) is 0 Å². The first kappa shape index (κ1) is 18.4. The SMILES string of the molecule is O=C(CNC(=O)[C@@H]1CC(=O)N(c2ccc(F)cc2)C1)Nc1ccc(O)cc1. The molecule has 0 spiro atoms. The van der Waals surface area contributed by atoms with Gasteiger partial charge in [-0.15, -0.1) is 0 Å². The van der Waals surface area contributed by atoms with Gasteiger partial charge in [-0.3, -0.25) is 14.4 Å². The molecular formula is C19H18FN3O4. The molecule has 27 heavy (non-hydrogen) atoms. The Morgan fingerprint density at radius 3 is 2.44 bits per heavy atom. The minimum atomic E-state index is -0.580. The summed E-state index contributed by atoms with van der Waals surface area (Å²) in [5.41, 5.74) is 1.02. The Hall–Kier alpha value is -3.42. The van der Waals surface area contributed by atoms with Crippen LogP contribution in [0.1, 0.15) is 6.42 Å². The number of benzene rings is 2. The zero-order chi connectivity index (χ0) is 19.4. The predicted octanol–water partition coefficient (Wildman–Crippen LogP) is 1.64. The molecule has 140 valence electrons. The third-order valence-electron chi connectivity index (χ3n) is 4.21. The summed E-state index contributed by atoms with van der Waals surface area (Å²) in [5, 5.41) is 14.3. The monoisotopic (exact) mass is 371 g/mol. The summed E-state index contributed by atoms with van der Waals surface area (Å²) in [6.45, 7) is -0.0587. The van der Waals surface area contributed by atoms with Crippen LogP contribution in [0.4, 0.5) is 15.8 Å². The second-order valence-electron chi connectivity index (χ2n) is 6.19. The molecule has 1 atom stereocenters. The van der Waals surface area contributed by atoms with Gasteiger partial charge in [0.1, 0.15) is 11.6 Å². The van der Waals surface area contributed by atoms with E-state index in [-0.39, 0.29) is 31.2 Å². The van der Waals surface area contributed by atoms with E-state index in [1.54, 1.807) is 0 Å². The zero-order valence-electron chi connectivity index (χ0n) is 14.3. The number of nitrogens with zero attached hydrogens (tertiary/aromatic N) is 1. The highest BCUT2D eigenvalue weighted by Gasteiger charge is 2.35. The molecule has 0 bridgehead atoms. The number of rotatable bonds is 5. The molecule has 1 fully saturated rings. The highest BCUT2D eigenvalue weighted by Crippen LogP contribution is 2.25. The van der Waals surface area contributed by atoms with Crippen LogP contribution in [0.3, 0.4) is 0 Å². The summed E-state index contributed by atoms with van der Waals surface area (Å²) in [7, 11) is 0. The third kappa shape index (κ3) is 4.60. The van der Waals surface area contributed by atoms with E-state index < -0.39 is 23.5 Å². The van der Waals surface area contributed by atoms with Gasteiger partial charge in [0, 0.05) is 24.3 Å². The number of carbonyl (C=O) groups excluding carboxylic acids is 3. The maximum atomic E-state index is 13.0. The molecule has 2 aromatic carbocycles. The molecule has 3 amide bonds. The van der Waals surface area contributed by atoms with Crippen molar-refractivity contribution < 1.29 is 23.9 Å². The number of nitrogens with one attached hydrogen (secondary N) is 2. The molecule has 2 aromatic rings. The van der Waals surface area contributed by atoms with Crippen molar-refractivity contribution in [1.82, 2.24) is 5.32 Å². The average molecular weight is 371 g/mol. The lowest BCUT2D eigenvalue weighted by atomic mass is 10.1. The van der Waals surface area contributed by atoms with Crippen LogP contribution in [-0.2, 0) is 14.4 Å². The minimum absolute atomic E-state index is 0.0305. The first-order chi connectivity index (χ1) is 12.9. The molecule has 7 nitrogen and oxygen atoms in total. The van der Waals surface area contributed by atoms with Crippen LogP contribution >= 0.6 is 0 Å². The fraction of sp³-hybridized carbons (Fsp3) is 0.211. The van der Waals surface area contributed by atoms with Crippen molar-refractivity contribution in [3.8, 4) is 5.75 Å². The zero-order valence-corrected chi connectivity index (χ0v) is 14.3. The van der Waals surface area contributed by atoms with E-state index in [4.69, 9.17) is 0 Å². The summed E-state index contributed by atoms with van der Waals surface area (Å²) in [5.74, 6) is -1.95. The highest BCUT2D eigenvalue weighted by atomic mass is 19.1. The van der Waals surface area contributed by atoms with Crippen molar-refractivity contribution in [2.24, 2.45) is 5.92 Å². The van der Waals surface area contributed by atoms with Crippen molar-refractivity contribution in [2.45, 2.75) is 6.42 Å². The molecule has 0 aliphatic carbocycles. The summed E-state index contributed by atoms with van der Waals surface area (Å²) < 4.78 is 13.0. The van der Waals surface area contributed by atoms with Gasteiger partial charge >= 0.3 is 0 Å². The van der Waals surface area contributed by atoms with Crippen LogP contribution in [-0.4, -0.2) is 35.9 Å². The summed E-state index contributed by atoms with van der Waals surface area (Å²) in [6, 6.07) is 11.4. The van der Waals surface area contributed by atoms with Crippen molar-refractivity contribution in [2.75, 3.05) is 23.3 Å². The summed E-state index contributed by atoms with van der Waals surface area (Å²) >= 11 is 0. The van der Waals surface area contributed by atoms with Gasteiger partial charge in [-0.2, -0.15) is 0 Å². The molecule has 0 radical (unpaired) electrons. The summed E-state index contributed by atoms with van der Waals surface area (Å²) in [6.07, 6.45) is 0.0305. The van der Waals surface area contributed by atoms with Gasteiger partial charge in [-0.1, -0.05) is 0 Å². The number of phenolic OH excluding ortho intramolecular Hbond substituents is 1. The lowest BCUT2D eigenvalue weighted by molar-refractivity contribution is -0.127. The molecule has 3 rings (SSSR count). The number of carbonyl (C=O) groups is 3. The molecule has 3 N–H and O–H groups in total. The first-order valence-corrected chi connectivity index (χ1v) is 8.35. The predicted molar refractivity (Wildman–Crippen MR) is 96.6 cm³/mol. The van der Waals surface area contributed by atoms with Crippen LogP contribution < -0.4 is 15.5 Å². The fourth-order valence-electron chi connectivity index (χ4n) is 2.82. The van der Waals surface area contributed by atoms with Gasteiger partial charge in [-0.25, -0.2) is 4.39 Å². The molecule has 1 saturated heterocycles.